The third kappa shape index (κ3) is 3.06. The highest BCUT2D eigenvalue weighted by Gasteiger charge is 2.59. The molecule has 0 spiro atoms. The minimum absolute atomic E-state index is 0.126. The zero-order chi connectivity index (χ0) is 19.9. The Labute approximate surface area is 168 Å². The van der Waals surface area contributed by atoms with Crippen molar-refractivity contribution < 1.29 is 19.9 Å². The van der Waals surface area contributed by atoms with Crippen LogP contribution in [0.15, 0.2) is 48.3 Å². The summed E-state index contributed by atoms with van der Waals surface area (Å²) in [5.41, 5.74) is 2.13. The smallest absolute Gasteiger partial charge is 0.191 e. The summed E-state index contributed by atoms with van der Waals surface area (Å²) in [5, 5.41) is 31.8. The lowest BCUT2D eigenvalue weighted by Gasteiger charge is -2.52. The highest BCUT2D eigenvalue weighted by molar-refractivity contribution is 5.49. The molecule has 1 aromatic heterocycles. The molecule has 0 aromatic carbocycles. The average Bonchev–Trinajstić information content (AvgIpc) is 3.11. The van der Waals surface area contributed by atoms with Gasteiger partial charge in [0.1, 0.15) is 0 Å². The Balaban J connectivity index is 1.65. The van der Waals surface area contributed by atoms with Gasteiger partial charge < -0.3 is 15.3 Å². The van der Waals surface area contributed by atoms with E-state index in [0.717, 1.165) is 25.7 Å². The van der Waals surface area contributed by atoms with Crippen LogP contribution in [0.2, 0.25) is 0 Å². The van der Waals surface area contributed by atoms with Crippen LogP contribution in [0.1, 0.15) is 46.0 Å². The van der Waals surface area contributed by atoms with Crippen molar-refractivity contribution in [3.63, 3.8) is 0 Å². The summed E-state index contributed by atoms with van der Waals surface area (Å²) in [6.45, 7) is 4.39. The van der Waals surface area contributed by atoms with Crippen molar-refractivity contribution >= 4 is 5.70 Å². The molecule has 1 aromatic rings. The normalized spacial score (nSPS) is 38.2. The van der Waals surface area contributed by atoms with E-state index in [-0.39, 0.29) is 30.0 Å². The molecule has 4 heteroatoms. The summed E-state index contributed by atoms with van der Waals surface area (Å²) < 4.78 is 2.15. The molecular weight excluding hydrogens is 350 g/mol. The van der Waals surface area contributed by atoms with Crippen molar-refractivity contribution in [2.45, 2.75) is 58.2 Å². The number of hydrogen-bond acceptors (Lipinski definition) is 3. The van der Waals surface area contributed by atoms with Crippen LogP contribution in [0, 0.1) is 29.1 Å². The lowest BCUT2D eigenvalue weighted by atomic mass is 9.53. The van der Waals surface area contributed by atoms with Gasteiger partial charge in [-0.25, -0.2) is 0 Å². The summed E-state index contributed by atoms with van der Waals surface area (Å²) in [6, 6.07) is 6.06. The van der Waals surface area contributed by atoms with Gasteiger partial charge in [-0.05, 0) is 61.9 Å². The summed E-state index contributed by atoms with van der Waals surface area (Å²) in [4.78, 5) is 0. The Kier molecular flexibility index (Phi) is 5.47. The molecule has 1 heterocycles. The molecule has 0 amide bonds. The molecule has 28 heavy (non-hydrogen) atoms. The first-order valence-electron chi connectivity index (χ1n) is 10.9. The molecule has 0 bridgehead atoms. The molecule has 1 saturated carbocycles. The summed E-state index contributed by atoms with van der Waals surface area (Å²) in [5.74, 6) is 1.21. The zero-order valence-electron chi connectivity index (χ0n) is 17.0. The van der Waals surface area contributed by atoms with E-state index in [1.807, 2.05) is 31.2 Å². The van der Waals surface area contributed by atoms with E-state index in [2.05, 4.69) is 30.0 Å². The molecule has 7 unspecified atom stereocenters. The maximum Gasteiger partial charge on any atom is 0.191 e. The van der Waals surface area contributed by atoms with Gasteiger partial charge in [0.25, 0.3) is 0 Å². The zero-order valence-corrected chi connectivity index (χ0v) is 17.0. The van der Waals surface area contributed by atoms with Crippen molar-refractivity contribution in [1.29, 1.82) is 0 Å². The van der Waals surface area contributed by atoms with Crippen molar-refractivity contribution in [3.05, 3.63) is 48.3 Å². The highest BCUT2D eigenvalue weighted by atomic mass is 16.3. The maximum absolute atomic E-state index is 11.1. The number of fused-ring (bicyclic) bond motifs is 3. The molecule has 4 rings (SSSR count). The highest BCUT2D eigenvalue weighted by Crippen LogP contribution is 2.60. The molecule has 0 saturated heterocycles. The SMILES string of the molecule is CCC(O)CC1=CC(O)C2C(CCC3(CO)C([n+]4ccccc4)=CCC23)C1C. The molecule has 1 fully saturated rings. The quantitative estimate of drug-likeness (QED) is 0.540. The van der Waals surface area contributed by atoms with E-state index >= 15 is 0 Å². The van der Waals surface area contributed by atoms with E-state index in [1.54, 1.807) is 0 Å². The Morgan fingerprint density at radius 2 is 2.00 bits per heavy atom. The van der Waals surface area contributed by atoms with Gasteiger partial charge in [0.05, 0.1) is 24.2 Å². The van der Waals surface area contributed by atoms with Crippen LogP contribution in [-0.4, -0.2) is 34.1 Å². The molecule has 152 valence electrons. The number of pyridine rings is 1. The third-order valence-corrected chi connectivity index (χ3v) is 7.89. The van der Waals surface area contributed by atoms with Crippen LogP contribution >= 0.6 is 0 Å². The van der Waals surface area contributed by atoms with Crippen LogP contribution in [0.25, 0.3) is 5.70 Å². The molecule has 4 nitrogen and oxygen atoms in total. The minimum atomic E-state index is -0.495. The fourth-order valence-corrected chi connectivity index (χ4v) is 6.31. The van der Waals surface area contributed by atoms with Crippen LogP contribution in [0.5, 0.6) is 0 Å². The summed E-state index contributed by atoms with van der Waals surface area (Å²) in [6.07, 6.45) is 11.9. The second-order valence-corrected chi connectivity index (χ2v) is 9.10. The predicted octanol–water partition coefficient (Wildman–Crippen LogP) is 2.94. The van der Waals surface area contributed by atoms with E-state index < -0.39 is 6.10 Å². The topological polar surface area (TPSA) is 64.6 Å². The van der Waals surface area contributed by atoms with Gasteiger partial charge in [-0.2, -0.15) is 4.57 Å². The fraction of sp³-hybridized carbons (Fsp3) is 0.625. The van der Waals surface area contributed by atoms with Gasteiger partial charge in [-0.15, -0.1) is 0 Å². The Hall–Kier alpha value is -1.49. The monoisotopic (exact) mass is 384 g/mol. The molecule has 3 N–H and O–H groups in total. The number of aliphatic hydroxyl groups is 3. The van der Waals surface area contributed by atoms with Crippen molar-refractivity contribution in [1.82, 2.24) is 0 Å². The summed E-state index contributed by atoms with van der Waals surface area (Å²) in [7, 11) is 0. The van der Waals surface area contributed by atoms with E-state index in [9.17, 15) is 15.3 Å². The first-order chi connectivity index (χ1) is 13.5. The number of hydrogen-bond donors (Lipinski definition) is 3. The van der Waals surface area contributed by atoms with Crippen molar-refractivity contribution in [3.8, 4) is 0 Å². The summed E-state index contributed by atoms with van der Waals surface area (Å²) >= 11 is 0. The number of nitrogens with zero attached hydrogens (tertiary/aromatic N) is 1. The van der Waals surface area contributed by atoms with Gasteiger partial charge in [0.2, 0.25) is 0 Å². The number of rotatable bonds is 5. The Morgan fingerprint density at radius 3 is 2.68 bits per heavy atom. The first kappa shape index (κ1) is 19.8. The van der Waals surface area contributed by atoms with E-state index in [4.69, 9.17) is 0 Å². The van der Waals surface area contributed by atoms with Gasteiger partial charge in [-0.3, -0.25) is 0 Å². The van der Waals surface area contributed by atoms with Gasteiger partial charge in [0.15, 0.2) is 18.1 Å². The van der Waals surface area contributed by atoms with Crippen molar-refractivity contribution in [2.24, 2.45) is 29.1 Å². The maximum atomic E-state index is 11.1. The van der Waals surface area contributed by atoms with E-state index in [0.29, 0.717) is 18.3 Å². The van der Waals surface area contributed by atoms with Crippen LogP contribution in [0.3, 0.4) is 0 Å². The first-order valence-corrected chi connectivity index (χ1v) is 10.9. The number of aliphatic hydroxyl groups excluding tert-OH is 3. The van der Waals surface area contributed by atoms with Gasteiger partial charge >= 0.3 is 0 Å². The lowest BCUT2D eigenvalue weighted by molar-refractivity contribution is -0.590. The molecule has 3 aliphatic rings. The second kappa shape index (κ2) is 7.74. The number of aromatic nitrogens is 1. The standard InChI is InChI=1S/C24H34NO3/c1-3-18(27)13-17-14-21(28)23-19(16(17)2)9-10-24(15-26)20(23)7-8-22(24)25-11-5-4-6-12-25/h4-6,8,11-12,14,16,18-21,23,26-28H,3,7,9-10,13,15H2,1-2H3/q+1. The Bertz CT molecular complexity index is 758. The fourth-order valence-electron chi connectivity index (χ4n) is 6.31. The predicted molar refractivity (Wildman–Crippen MR) is 109 cm³/mol. The van der Waals surface area contributed by atoms with Gasteiger partial charge in [-0.1, -0.05) is 31.6 Å². The second-order valence-electron chi connectivity index (χ2n) is 9.10. The van der Waals surface area contributed by atoms with Crippen LogP contribution in [-0.2, 0) is 0 Å². The largest absolute Gasteiger partial charge is 0.395 e. The van der Waals surface area contributed by atoms with Crippen LogP contribution in [0.4, 0.5) is 0 Å². The number of allylic oxidation sites excluding steroid dienone is 1. The third-order valence-electron chi connectivity index (χ3n) is 7.89. The Morgan fingerprint density at radius 1 is 1.25 bits per heavy atom. The van der Waals surface area contributed by atoms with Gasteiger partial charge in [0, 0.05) is 12.1 Å². The molecular formula is C24H34NO3+. The lowest BCUT2D eigenvalue weighted by Crippen LogP contribution is -2.54. The molecule has 0 aliphatic heterocycles. The van der Waals surface area contributed by atoms with Crippen molar-refractivity contribution in [2.75, 3.05) is 6.61 Å². The van der Waals surface area contributed by atoms with Crippen LogP contribution < -0.4 is 4.57 Å². The molecule has 7 atom stereocenters. The average molecular weight is 385 g/mol. The molecule has 0 radical (unpaired) electrons. The molecule has 3 aliphatic carbocycles. The minimum Gasteiger partial charge on any atom is -0.395 e. The van der Waals surface area contributed by atoms with E-state index in [1.165, 1.54) is 11.3 Å².